The summed E-state index contributed by atoms with van der Waals surface area (Å²) in [5.74, 6) is 0. The van der Waals surface area contributed by atoms with E-state index in [9.17, 15) is 0 Å². The Morgan fingerprint density at radius 2 is 2.11 bits per heavy atom. The van der Waals surface area contributed by atoms with Gasteiger partial charge >= 0.3 is 0 Å². The van der Waals surface area contributed by atoms with Gasteiger partial charge in [-0.3, -0.25) is 4.90 Å². The lowest BCUT2D eigenvalue weighted by Gasteiger charge is -2.34. The second kappa shape index (κ2) is 9.35. The molecule has 1 aliphatic heterocycles. The highest BCUT2D eigenvalue weighted by molar-refractivity contribution is 6.30. The summed E-state index contributed by atoms with van der Waals surface area (Å²) >= 11 is 6.11. The van der Waals surface area contributed by atoms with Crippen molar-refractivity contribution in [2.24, 2.45) is 0 Å². The van der Waals surface area contributed by atoms with E-state index in [2.05, 4.69) is 21.3 Å². The summed E-state index contributed by atoms with van der Waals surface area (Å²) in [4.78, 5) is 6.39. The summed E-state index contributed by atoms with van der Waals surface area (Å²) in [5.41, 5.74) is 0.956. The minimum absolute atomic E-state index is 0. The van der Waals surface area contributed by atoms with Gasteiger partial charge in [-0.15, -0.1) is 24.8 Å². The van der Waals surface area contributed by atoms with Crippen LogP contribution in [-0.2, 0) is 0 Å². The standard InChI is InChI=1S/C12H15ClN4.2ClH/c13-12-10(2-1-5-16-12)11(3-4-14)17-8-6-15-7-9-17;;/h1-2,5,11,15H,3,6-9H2;2*1H/t11-;;/m1../s1. The molecule has 1 N–H and O–H groups in total. The van der Waals surface area contributed by atoms with Crippen LogP contribution in [0.2, 0.25) is 5.15 Å². The monoisotopic (exact) mass is 322 g/mol. The smallest absolute Gasteiger partial charge is 0.133 e. The summed E-state index contributed by atoms with van der Waals surface area (Å²) in [5, 5.41) is 12.8. The molecule has 1 aromatic rings. The Morgan fingerprint density at radius 1 is 1.42 bits per heavy atom. The van der Waals surface area contributed by atoms with E-state index in [1.807, 2.05) is 12.1 Å². The van der Waals surface area contributed by atoms with Gasteiger partial charge in [0.05, 0.1) is 18.5 Å². The third kappa shape index (κ3) is 4.79. The van der Waals surface area contributed by atoms with Gasteiger partial charge < -0.3 is 5.32 Å². The van der Waals surface area contributed by atoms with Crippen LogP contribution >= 0.6 is 36.4 Å². The first-order valence-electron chi connectivity index (χ1n) is 5.75. The Morgan fingerprint density at radius 3 is 2.68 bits per heavy atom. The molecule has 0 unspecified atom stereocenters. The first-order chi connectivity index (χ1) is 8.33. The summed E-state index contributed by atoms with van der Waals surface area (Å²) in [6.45, 7) is 3.80. The molecule has 0 amide bonds. The molecule has 1 fully saturated rings. The minimum atomic E-state index is 0. The third-order valence-corrected chi connectivity index (χ3v) is 3.34. The maximum atomic E-state index is 8.96. The number of aromatic nitrogens is 1. The molecule has 0 aromatic carbocycles. The van der Waals surface area contributed by atoms with E-state index in [0.717, 1.165) is 31.7 Å². The average Bonchev–Trinajstić information content (AvgIpc) is 2.38. The first-order valence-corrected chi connectivity index (χ1v) is 6.13. The van der Waals surface area contributed by atoms with Gasteiger partial charge in [-0.05, 0) is 6.07 Å². The van der Waals surface area contributed by atoms with Crippen LogP contribution in [0.3, 0.4) is 0 Å². The molecule has 0 radical (unpaired) electrons. The Hall–Kier alpha value is -0.570. The zero-order chi connectivity index (χ0) is 12.1. The van der Waals surface area contributed by atoms with Crippen LogP contribution in [0, 0.1) is 11.3 Å². The molecule has 0 spiro atoms. The van der Waals surface area contributed by atoms with Crippen LogP contribution in [0.5, 0.6) is 0 Å². The summed E-state index contributed by atoms with van der Waals surface area (Å²) in [6, 6.07) is 6.13. The van der Waals surface area contributed by atoms with E-state index >= 15 is 0 Å². The first kappa shape index (κ1) is 18.4. The van der Waals surface area contributed by atoms with Gasteiger partial charge in [0, 0.05) is 37.9 Å². The van der Waals surface area contributed by atoms with Gasteiger partial charge in [0.1, 0.15) is 5.15 Å². The lowest BCUT2D eigenvalue weighted by atomic mass is 10.0. The van der Waals surface area contributed by atoms with Crippen LogP contribution in [0.1, 0.15) is 18.0 Å². The number of piperazine rings is 1. The fourth-order valence-corrected chi connectivity index (χ4v) is 2.41. The highest BCUT2D eigenvalue weighted by Gasteiger charge is 2.23. The van der Waals surface area contributed by atoms with Crippen LogP contribution in [-0.4, -0.2) is 36.1 Å². The maximum absolute atomic E-state index is 8.96. The second-order valence-corrected chi connectivity index (χ2v) is 4.41. The molecule has 1 aromatic heterocycles. The highest BCUT2D eigenvalue weighted by Crippen LogP contribution is 2.28. The number of nitriles is 1. The zero-order valence-electron chi connectivity index (χ0n) is 10.4. The van der Waals surface area contributed by atoms with Gasteiger partial charge in [-0.25, -0.2) is 4.98 Å². The van der Waals surface area contributed by atoms with Crippen molar-refractivity contribution >= 4 is 36.4 Å². The number of pyridine rings is 1. The molecule has 0 saturated carbocycles. The second-order valence-electron chi connectivity index (χ2n) is 4.05. The van der Waals surface area contributed by atoms with E-state index in [1.165, 1.54) is 0 Å². The van der Waals surface area contributed by atoms with Crippen molar-refractivity contribution in [3.05, 3.63) is 29.0 Å². The average molecular weight is 324 g/mol. The lowest BCUT2D eigenvalue weighted by Crippen LogP contribution is -2.45. The molecule has 106 valence electrons. The molecule has 19 heavy (non-hydrogen) atoms. The third-order valence-electron chi connectivity index (χ3n) is 3.02. The summed E-state index contributed by atoms with van der Waals surface area (Å²) < 4.78 is 0. The molecule has 2 rings (SSSR count). The predicted molar refractivity (Wildman–Crippen MR) is 81.2 cm³/mol. The fraction of sp³-hybridized carbons (Fsp3) is 0.500. The van der Waals surface area contributed by atoms with Crippen molar-refractivity contribution in [3.63, 3.8) is 0 Å². The molecule has 0 aliphatic carbocycles. The maximum Gasteiger partial charge on any atom is 0.133 e. The largest absolute Gasteiger partial charge is 0.314 e. The molecular formula is C12H17Cl3N4. The molecule has 1 saturated heterocycles. The highest BCUT2D eigenvalue weighted by atomic mass is 35.5. The molecule has 2 heterocycles. The molecule has 4 nitrogen and oxygen atoms in total. The topological polar surface area (TPSA) is 52.0 Å². The zero-order valence-corrected chi connectivity index (χ0v) is 12.8. The van der Waals surface area contributed by atoms with Crippen LogP contribution in [0.15, 0.2) is 18.3 Å². The molecule has 7 heteroatoms. The number of hydrogen-bond donors (Lipinski definition) is 1. The molecular weight excluding hydrogens is 307 g/mol. The number of halogens is 3. The molecule has 1 aliphatic rings. The number of hydrogen-bond acceptors (Lipinski definition) is 4. The number of nitrogens with zero attached hydrogens (tertiary/aromatic N) is 3. The summed E-state index contributed by atoms with van der Waals surface area (Å²) in [6.07, 6.45) is 2.12. The molecule has 0 bridgehead atoms. The predicted octanol–water partition coefficient (Wildman–Crippen LogP) is 2.44. The number of nitrogens with one attached hydrogen (secondary N) is 1. The minimum Gasteiger partial charge on any atom is -0.314 e. The Bertz CT molecular complexity index is 416. The van der Waals surface area contributed by atoms with Crippen LogP contribution in [0.25, 0.3) is 0 Å². The molecule has 1 atom stereocenters. The van der Waals surface area contributed by atoms with Crippen molar-refractivity contribution in [2.45, 2.75) is 12.5 Å². The lowest BCUT2D eigenvalue weighted by molar-refractivity contribution is 0.175. The van der Waals surface area contributed by atoms with Crippen molar-refractivity contribution in [1.29, 1.82) is 5.26 Å². The van der Waals surface area contributed by atoms with E-state index in [-0.39, 0.29) is 30.9 Å². The fourth-order valence-electron chi connectivity index (χ4n) is 2.16. The Kier molecular flexibility index (Phi) is 9.07. The van der Waals surface area contributed by atoms with E-state index in [4.69, 9.17) is 16.9 Å². The van der Waals surface area contributed by atoms with Crippen molar-refractivity contribution in [3.8, 4) is 6.07 Å². The SMILES string of the molecule is Cl.Cl.N#CC[C@H](c1cccnc1Cl)N1CCNCC1. The van der Waals surface area contributed by atoms with Crippen molar-refractivity contribution < 1.29 is 0 Å². The van der Waals surface area contributed by atoms with Crippen molar-refractivity contribution in [1.82, 2.24) is 15.2 Å². The van der Waals surface area contributed by atoms with E-state index < -0.39 is 0 Å². The van der Waals surface area contributed by atoms with E-state index in [0.29, 0.717) is 11.6 Å². The summed E-state index contributed by atoms with van der Waals surface area (Å²) in [7, 11) is 0. The van der Waals surface area contributed by atoms with Crippen LogP contribution < -0.4 is 5.32 Å². The van der Waals surface area contributed by atoms with E-state index in [1.54, 1.807) is 6.20 Å². The normalized spacial score (nSPS) is 16.6. The van der Waals surface area contributed by atoms with Gasteiger partial charge in [-0.1, -0.05) is 17.7 Å². The Balaban J connectivity index is 0.00000162. The quantitative estimate of drug-likeness (QED) is 0.868. The van der Waals surface area contributed by atoms with Gasteiger partial charge in [0.25, 0.3) is 0 Å². The van der Waals surface area contributed by atoms with Crippen molar-refractivity contribution in [2.75, 3.05) is 26.2 Å². The van der Waals surface area contributed by atoms with Gasteiger partial charge in [0.15, 0.2) is 0 Å². The van der Waals surface area contributed by atoms with Crippen LogP contribution in [0.4, 0.5) is 0 Å². The van der Waals surface area contributed by atoms with Gasteiger partial charge in [-0.2, -0.15) is 5.26 Å². The number of rotatable bonds is 3. The van der Waals surface area contributed by atoms with Gasteiger partial charge in [0.2, 0.25) is 0 Å². The Labute approximate surface area is 131 Å².